The molecule has 3 rings (SSSR count). The van der Waals surface area contributed by atoms with E-state index >= 15 is 0 Å². The lowest BCUT2D eigenvalue weighted by atomic mass is 10.2. The van der Waals surface area contributed by atoms with Crippen molar-refractivity contribution in [1.29, 1.82) is 0 Å². The topological polar surface area (TPSA) is 62.0 Å². The Kier molecular flexibility index (Phi) is 6.26. The van der Waals surface area contributed by atoms with E-state index in [2.05, 4.69) is 4.99 Å². The number of amides is 1. The Morgan fingerprint density at radius 2 is 1.85 bits per heavy atom. The minimum atomic E-state index is -0.289. The molecule has 2 aromatic carbocycles. The first kappa shape index (κ1) is 19.1. The predicted molar refractivity (Wildman–Crippen MR) is 106 cm³/mol. The Morgan fingerprint density at radius 1 is 1.11 bits per heavy atom. The molecular weight excluding hydrogens is 364 g/mol. The molecule has 6 nitrogen and oxygen atoms in total. The van der Waals surface area contributed by atoms with Gasteiger partial charge in [0.2, 0.25) is 0 Å². The van der Waals surface area contributed by atoms with Crippen LogP contribution in [0.5, 0.6) is 11.5 Å². The van der Waals surface area contributed by atoms with Gasteiger partial charge in [0.05, 0.1) is 30.5 Å². The highest BCUT2D eigenvalue weighted by molar-refractivity contribution is 7.16. The summed E-state index contributed by atoms with van der Waals surface area (Å²) in [7, 11) is 3.29. The summed E-state index contributed by atoms with van der Waals surface area (Å²) >= 11 is 1.45. The fourth-order valence-corrected chi connectivity index (χ4v) is 3.76. The Bertz CT molecular complexity index is 989. The maximum atomic E-state index is 12.6. The molecule has 0 N–H and O–H groups in total. The summed E-state index contributed by atoms with van der Waals surface area (Å²) in [5.41, 5.74) is 1.52. The van der Waals surface area contributed by atoms with E-state index in [9.17, 15) is 4.79 Å². The van der Waals surface area contributed by atoms with Crippen LogP contribution in [0.25, 0.3) is 10.2 Å². The van der Waals surface area contributed by atoms with Crippen LogP contribution in [0, 0.1) is 0 Å². The molecule has 0 atom stereocenters. The normalized spacial score (nSPS) is 11.7. The van der Waals surface area contributed by atoms with E-state index < -0.39 is 0 Å². The van der Waals surface area contributed by atoms with Gasteiger partial charge >= 0.3 is 0 Å². The molecule has 0 saturated heterocycles. The van der Waals surface area contributed by atoms with E-state index in [-0.39, 0.29) is 5.91 Å². The number of carbonyl (C=O) groups is 1. The third-order valence-electron chi connectivity index (χ3n) is 4.02. The average Bonchev–Trinajstić information content (AvgIpc) is 3.03. The summed E-state index contributed by atoms with van der Waals surface area (Å²) in [6, 6.07) is 12.8. The second-order valence-corrected chi connectivity index (χ2v) is 6.75. The first-order chi connectivity index (χ1) is 13.2. The van der Waals surface area contributed by atoms with Crippen molar-refractivity contribution in [3.8, 4) is 11.5 Å². The molecule has 0 spiro atoms. The molecule has 0 bridgehead atoms. The fourth-order valence-electron chi connectivity index (χ4n) is 2.68. The van der Waals surface area contributed by atoms with Crippen LogP contribution in [-0.2, 0) is 11.3 Å². The summed E-state index contributed by atoms with van der Waals surface area (Å²) < 4.78 is 18.9. The zero-order valence-electron chi connectivity index (χ0n) is 15.6. The molecule has 0 aliphatic heterocycles. The molecular formula is C20H22N2O4S. The molecule has 0 radical (unpaired) electrons. The largest absolute Gasteiger partial charge is 0.497 e. The first-order valence-corrected chi connectivity index (χ1v) is 9.46. The van der Waals surface area contributed by atoms with Gasteiger partial charge in [-0.25, -0.2) is 0 Å². The summed E-state index contributed by atoms with van der Waals surface area (Å²) in [4.78, 5) is 17.6. The number of rotatable bonds is 7. The molecule has 1 amide bonds. The Hall–Kier alpha value is -2.64. The SMILES string of the molecule is CCOc1ccc(C(=O)N=c2sc3cc(OC)ccc3n2CCOC)cc1. The number of hydrogen-bond acceptors (Lipinski definition) is 5. The molecule has 0 saturated carbocycles. The fraction of sp³-hybridized carbons (Fsp3) is 0.300. The van der Waals surface area contributed by atoms with Gasteiger partial charge < -0.3 is 18.8 Å². The van der Waals surface area contributed by atoms with E-state index in [1.807, 2.05) is 29.7 Å². The van der Waals surface area contributed by atoms with Gasteiger partial charge in [0, 0.05) is 19.2 Å². The zero-order chi connectivity index (χ0) is 19.2. The third-order valence-corrected chi connectivity index (χ3v) is 5.06. The predicted octanol–water partition coefficient (Wildman–Crippen LogP) is 3.50. The molecule has 142 valence electrons. The van der Waals surface area contributed by atoms with Crippen LogP contribution in [0.2, 0.25) is 0 Å². The molecule has 1 heterocycles. The lowest BCUT2D eigenvalue weighted by Crippen LogP contribution is -2.19. The number of fused-ring (bicyclic) bond motifs is 1. The molecule has 27 heavy (non-hydrogen) atoms. The molecule has 0 aliphatic rings. The summed E-state index contributed by atoms with van der Waals surface area (Å²) in [6.45, 7) is 3.65. The maximum absolute atomic E-state index is 12.6. The van der Waals surface area contributed by atoms with E-state index in [4.69, 9.17) is 14.2 Å². The quantitative estimate of drug-likeness (QED) is 0.624. The Balaban J connectivity index is 2.01. The second-order valence-electron chi connectivity index (χ2n) is 5.74. The number of hydrogen-bond donors (Lipinski definition) is 0. The van der Waals surface area contributed by atoms with Gasteiger partial charge in [-0.2, -0.15) is 4.99 Å². The molecule has 0 aliphatic carbocycles. The molecule has 0 unspecified atom stereocenters. The van der Waals surface area contributed by atoms with Gasteiger partial charge in [0.15, 0.2) is 4.80 Å². The van der Waals surface area contributed by atoms with Crippen molar-refractivity contribution in [2.24, 2.45) is 4.99 Å². The van der Waals surface area contributed by atoms with Crippen molar-refractivity contribution in [3.05, 3.63) is 52.8 Å². The second kappa shape index (κ2) is 8.83. The van der Waals surface area contributed by atoms with Crippen LogP contribution in [0.15, 0.2) is 47.5 Å². The Morgan fingerprint density at radius 3 is 2.52 bits per heavy atom. The van der Waals surface area contributed by atoms with Crippen LogP contribution < -0.4 is 14.3 Å². The van der Waals surface area contributed by atoms with E-state index in [0.29, 0.717) is 30.1 Å². The van der Waals surface area contributed by atoms with E-state index in [1.54, 1.807) is 38.5 Å². The minimum absolute atomic E-state index is 0.289. The number of methoxy groups -OCH3 is 2. The van der Waals surface area contributed by atoms with Crippen molar-refractivity contribution >= 4 is 27.5 Å². The number of ether oxygens (including phenoxy) is 3. The van der Waals surface area contributed by atoms with Gasteiger partial charge in [-0.05, 0) is 49.4 Å². The van der Waals surface area contributed by atoms with Crippen molar-refractivity contribution in [2.75, 3.05) is 27.4 Å². The summed E-state index contributed by atoms with van der Waals surface area (Å²) in [5.74, 6) is 1.22. The molecule has 0 fully saturated rings. The molecule has 1 aromatic heterocycles. The van der Waals surface area contributed by atoms with Crippen molar-refractivity contribution in [3.63, 3.8) is 0 Å². The van der Waals surface area contributed by atoms with Crippen molar-refractivity contribution in [2.45, 2.75) is 13.5 Å². The van der Waals surface area contributed by atoms with E-state index in [0.717, 1.165) is 21.7 Å². The monoisotopic (exact) mass is 386 g/mol. The zero-order valence-corrected chi connectivity index (χ0v) is 16.4. The van der Waals surface area contributed by atoms with Crippen molar-refractivity contribution < 1.29 is 19.0 Å². The molecule has 7 heteroatoms. The number of benzene rings is 2. The smallest absolute Gasteiger partial charge is 0.279 e. The number of thiazole rings is 1. The van der Waals surface area contributed by atoms with Crippen LogP contribution in [-0.4, -0.2) is 37.9 Å². The highest BCUT2D eigenvalue weighted by atomic mass is 32.1. The minimum Gasteiger partial charge on any atom is -0.497 e. The highest BCUT2D eigenvalue weighted by Gasteiger charge is 2.10. The first-order valence-electron chi connectivity index (χ1n) is 8.64. The van der Waals surface area contributed by atoms with Gasteiger partial charge in [-0.3, -0.25) is 4.79 Å². The lowest BCUT2D eigenvalue weighted by Gasteiger charge is -2.05. The third kappa shape index (κ3) is 4.37. The van der Waals surface area contributed by atoms with Gasteiger partial charge in [0.25, 0.3) is 5.91 Å². The number of aromatic nitrogens is 1. The average molecular weight is 386 g/mol. The van der Waals surface area contributed by atoms with Crippen LogP contribution >= 0.6 is 11.3 Å². The van der Waals surface area contributed by atoms with Gasteiger partial charge in [0.1, 0.15) is 11.5 Å². The van der Waals surface area contributed by atoms with Crippen LogP contribution in [0.3, 0.4) is 0 Å². The van der Waals surface area contributed by atoms with Crippen LogP contribution in [0.1, 0.15) is 17.3 Å². The number of nitrogens with zero attached hydrogens (tertiary/aromatic N) is 2. The van der Waals surface area contributed by atoms with Crippen LogP contribution in [0.4, 0.5) is 0 Å². The van der Waals surface area contributed by atoms with Gasteiger partial charge in [-0.1, -0.05) is 11.3 Å². The van der Waals surface area contributed by atoms with Crippen molar-refractivity contribution in [1.82, 2.24) is 4.57 Å². The summed E-state index contributed by atoms with van der Waals surface area (Å²) in [6.07, 6.45) is 0. The number of carbonyl (C=O) groups excluding carboxylic acids is 1. The Labute approximate surface area is 161 Å². The highest BCUT2D eigenvalue weighted by Crippen LogP contribution is 2.23. The van der Waals surface area contributed by atoms with Gasteiger partial charge in [-0.15, -0.1) is 0 Å². The standard InChI is InChI=1S/C20H22N2O4S/c1-4-26-15-7-5-14(6-8-15)19(23)21-20-22(11-12-24-2)17-10-9-16(25-3)13-18(17)27-20/h5-10,13H,4,11-12H2,1-3H3. The van der Waals surface area contributed by atoms with E-state index in [1.165, 1.54) is 11.3 Å². The maximum Gasteiger partial charge on any atom is 0.279 e. The summed E-state index contributed by atoms with van der Waals surface area (Å²) in [5, 5.41) is 0. The lowest BCUT2D eigenvalue weighted by molar-refractivity contribution is 0.0997. The molecule has 3 aromatic rings.